The Kier molecular flexibility index (Phi) is 4.66. The zero-order chi connectivity index (χ0) is 16.1. The zero-order valence-electron chi connectivity index (χ0n) is 13.2. The standard InChI is InChI=1S/C18H20N4O/c1-13(11-14-7-3-2-4-8-14)12-19-22-18(23)17-15-9-5-6-10-16(15)20-21-17/h2-4,7-8,11-12H,5-6,9-10H2,1H3,(H,20,21)(H,22,23)/b13-11+,19-12+. The normalized spacial score (nSPS) is 14.7. The average molecular weight is 308 g/mol. The molecule has 118 valence electrons. The monoisotopic (exact) mass is 308 g/mol. The molecule has 0 saturated carbocycles. The van der Waals surface area contributed by atoms with Crippen LogP contribution in [0, 0.1) is 0 Å². The summed E-state index contributed by atoms with van der Waals surface area (Å²) in [7, 11) is 0. The molecule has 5 heteroatoms. The molecule has 1 aromatic heterocycles. The number of aryl methyl sites for hydroxylation is 1. The van der Waals surface area contributed by atoms with Gasteiger partial charge in [0.15, 0.2) is 5.69 Å². The Labute approximate surface area is 135 Å². The summed E-state index contributed by atoms with van der Waals surface area (Å²) in [5, 5.41) is 11.1. The molecule has 0 fully saturated rings. The van der Waals surface area contributed by atoms with Crippen LogP contribution in [0.15, 0.2) is 41.0 Å². The van der Waals surface area contributed by atoms with Crippen molar-refractivity contribution in [3.63, 3.8) is 0 Å². The summed E-state index contributed by atoms with van der Waals surface area (Å²) in [5.74, 6) is -0.256. The minimum atomic E-state index is -0.256. The van der Waals surface area contributed by atoms with Gasteiger partial charge in [-0.3, -0.25) is 9.89 Å². The SMILES string of the molecule is CC(/C=N/NC(=O)c1n[nH]c2c1CCCC2)=C\c1ccccc1. The molecule has 0 unspecified atom stereocenters. The molecule has 1 aromatic carbocycles. The number of aromatic amines is 1. The fourth-order valence-corrected chi connectivity index (χ4v) is 2.76. The first-order valence-corrected chi connectivity index (χ1v) is 7.87. The lowest BCUT2D eigenvalue weighted by Crippen LogP contribution is -2.20. The average Bonchev–Trinajstić information content (AvgIpc) is 3.00. The number of nitrogens with zero attached hydrogens (tertiary/aromatic N) is 2. The van der Waals surface area contributed by atoms with Gasteiger partial charge in [-0.15, -0.1) is 0 Å². The predicted octanol–water partition coefficient (Wildman–Crippen LogP) is 3.11. The van der Waals surface area contributed by atoms with E-state index in [0.717, 1.165) is 48.1 Å². The highest BCUT2D eigenvalue weighted by Gasteiger charge is 2.21. The van der Waals surface area contributed by atoms with Crippen LogP contribution in [0.2, 0.25) is 0 Å². The van der Waals surface area contributed by atoms with E-state index in [9.17, 15) is 4.79 Å². The minimum Gasteiger partial charge on any atom is -0.281 e. The van der Waals surface area contributed by atoms with Gasteiger partial charge in [0.25, 0.3) is 5.91 Å². The van der Waals surface area contributed by atoms with Crippen LogP contribution in [0.1, 0.15) is 47.1 Å². The molecule has 1 amide bonds. The summed E-state index contributed by atoms with van der Waals surface area (Å²) in [5.41, 5.74) is 7.22. The first kappa shape index (κ1) is 15.2. The largest absolute Gasteiger partial charge is 0.292 e. The van der Waals surface area contributed by atoms with Gasteiger partial charge in [-0.25, -0.2) is 5.43 Å². The molecule has 0 bridgehead atoms. The molecule has 1 aliphatic rings. The van der Waals surface area contributed by atoms with Crippen LogP contribution in [0.25, 0.3) is 6.08 Å². The number of hydrogen-bond acceptors (Lipinski definition) is 3. The maximum atomic E-state index is 12.2. The lowest BCUT2D eigenvalue weighted by Gasteiger charge is -2.10. The quantitative estimate of drug-likeness (QED) is 0.673. The Balaban J connectivity index is 1.63. The molecular weight excluding hydrogens is 288 g/mol. The summed E-state index contributed by atoms with van der Waals surface area (Å²) >= 11 is 0. The van der Waals surface area contributed by atoms with E-state index in [1.807, 2.05) is 43.3 Å². The fraction of sp³-hybridized carbons (Fsp3) is 0.278. The molecule has 0 aliphatic heterocycles. The number of carbonyl (C=O) groups is 1. The highest BCUT2D eigenvalue weighted by Crippen LogP contribution is 2.21. The molecule has 2 aromatic rings. The third-order valence-electron chi connectivity index (χ3n) is 3.90. The Morgan fingerprint density at radius 1 is 1.26 bits per heavy atom. The van der Waals surface area contributed by atoms with Gasteiger partial charge in [0.2, 0.25) is 0 Å². The van der Waals surface area contributed by atoms with Crippen molar-refractivity contribution in [2.45, 2.75) is 32.6 Å². The fourth-order valence-electron chi connectivity index (χ4n) is 2.76. The highest BCUT2D eigenvalue weighted by atomic mass is 16.2. The lowest BCUT2D eigenvalue weighted by molar-refractivity contribution is 0.0949. The third-order valence-corrected chi connectivity index (χ3v) is 3.90. The van der Waals surface area contributed by atoms with E-state index in [4.69, 9.17) is 0 Å². The number of allylic oxidation sites excluding steroid dienone is 1. The number of H-pyrrole nitrogens is 1. The van der Waals surface area contributed by atoms with Gasteiger partial charge in [0, 0.05) is 11.3 Å². The van der Waals surface area contributed by atoms with E-state index in [1.165, 1.54) is 0 Å². The minimum absolute atomic E-state index is 0.256. The molecule has 0 radical (unpaired) electrons. The Morgan fingerprint density at radius 3 is 2.87 bits per heavy atom. The predicted molar refractivity (Wildman–Crippen MR) is 91.3 cm³/mol. The molecule has 3 rings (SSSR count). The summed E-state index contributed by atoms with van der Waals surface area (Å²) in [4.78, 5) is 12.2. The molecule has 2 N–H and O–H groups in total. The van der Waals surface area contributed by atoms with E-state index in [2.05, 4.69) is 20.7 Å². The summed E-state index contributed by atoms with van der Waals surface area (Å²) in [6.07, 6.45) is 7.78. The third kappa shape index (κ3) is 3.74. The van der Waals surface area contributed by atoms with E-state index in [1.54, 1.807) is 6.21 Å². The van der Waals surface area contributed by atoms with Gasteiger partial charge in [0.05, 0.1) is 6.21 Å². The second kappa shape index (κ2) is 7.05. The van der Waals surface area contributed by atoms with Crippen LogP contribution in [-0.2, 0) is 12.8 Å². The number of hydrogen-bond donors (Lipinski definition) is 2. The topological polar surface area (TPSA) is 70.1 Å². The van der Waals surface area contributed by atoms with Gasteiger partial charge in [-0.05, 0) is 43.7 Å². The highest BCUT2D eigenvalue weighted by molar-refractivity contribution is 5.95. The molecular formula is C18H20N4O. The number of carbonyl (C=O) groups excluding carboxylic acids is 1. The first-order chi connectivity index (χ1) is 11.2. The number of hydrazone groups is 1. The summed E-state index contributed by atoms with van der Waals surface area (Å²) < 4.78 is 0. The van der Waals surface area contributed by atoms with Crippen molar-refractivity contribution in [1.82, 2.24) is 15.6 Å². The van der Waals surface area contributed by atoms with Crippen LogP contribution in [0.3, 0.4) is 0 Å². The van der Waals surface area contributed by atoms with Crippen molar-refractivity contribution < 1.29 is 4.79 Å². The molecule has 0 saturated heterocycles. The zero-order valence-corrected chi connectivity index (χ0v) is 13.2. The molecule has 0 spiro atoms. The Hall–Kier alpha value is -2.69. The summed E-state index contributed by atoms with van der Waals surface area (Å²) in [6, 6.07) is 9.99. The van der Waals surface area contributed by atoms with E-state index in [0.29, 0.717) is 5.69 Å². The second-order valence-electron chi connectivity index (χ2n) is 5.73. The Bertz CT molecular complexity index is 744. The van der Waals surface area contributed by atoms with E-state index in [-0.39, 0.29) is 5.91 Å². The van der Waals surface area contributed by atoms with Crippen molar-refractivity contribution in [2.75, 3.05) is 0 Å². The first-order valence-electron chi connectivity index (χ1n) is 7.87. The van der Waals surface area contributed by atoms with Gasteiger partial charge >= 0.3 is 0 Å². The number of nitrogens with one attached hydrogen (secondary N) is 2. The number of aromatic nitrogens is 2. The van der Waals surface area contributed by atoms with Crippen molar-refractivity contribution in [1.29, 1.82) is 0 Å². The van der Waals surface area contributed by atoms with Crippen LogP contribution >= 0.6 is 0 Å². The Morgan fingerprint density at radius 2 is 2.04 bits per heavy atom. The van der Waals surface area contributed by atoms with Gasteiger partial charge in [-0.2, -0.15) is 10.2 Å². The molecule has 23 heavy (non-hydrogen) atoms. The van der Waals surface area contributed by atoms with Crippen molar-refractivity contribution >= 4 is 18.2 Å². The van der Waals surface area contributed by atoms with Crippen LogP contribution in [0.5, 0.6) is 0 Å². The maximum Gasteiger partial charge on any atom is 0.292 e. The molecule has 0 atom stereocenters. The van der Waals surface area contributed by atoms with Crippen molar-refractivity contribution in [3.8, 4) is 0 Å². The van der Waals surface area contributed by atoms with Crippen molar-refractivity contribution in [2.24, 2.45) is 5.10 Å². The smallest absolute Gasteiger partial charge is 0.281 e. The van der Waals surface area contributed by atoms with E-state index >= 15 is 0 Å². The van der Waals surface area contributed by atoms with Crippen LogP contribution in [-0.4, -0.2) is 22.3 Å². The van der Waals surface area contributed by atoms with Crippen LogP contribution in [0.4, 0.5) is 0 Å². The number of amides is 1. The van der Waals surface area contributed by atoms with Gasteiger partial charge < -0.3 is 0 Å². The van der Waals surface area contributed by atoms with Gasteiger partial charge in [0.1, 0.15) is 0 Å². The molecule has 1 heterocycles. The van der Waals surface area contributed by atoms with Crippen molar-refractivity contribution in [3.05, 3.63) is 58.4 Å². The lowest BCUT2D eigenvalue weighted by atomic mass is 9.96. The maximum absolute atomic E-state index is 12.2. The summed E-state index contributed by atoms with van der Waals surface area (Å²) in [6.45, 7) is 1.94. The van der Waals surface area contributed by atoms with Gasteiger partial charge in [-0.1, -0.05) is 36.4 Å². The van der Waals surface area contributed by atoms with E-state index < -0.39 is 0 Å². The number of fused-ring (bicyclic) bond motifs is 1. The van der Waals surface area contributed by atoms with Crippen LogP contribution < -0.4 is 5.43 Å². The number of rotatable bonds is 4. The molecule has 5 nitrogen and oxygen atoms in total. The molecule has 1 aliphatic carbocycles. The number of benzene rings is 1. The second-order valence-corrected chi connectivity index (χ2v) is 5.73.